The maximum absolute atomic E-state index is 12.9. The Bertz CT molecular complexity index is 922. The molecule has 128 valence electrons. The number of benzene rings is 2. The molecular weight excluding hydrogens is 404 g/mol. The molecule has 2 aromatic carbocycles. The lowest BCUT2D eigenvalue weighted by Crippen LogP contribution is -2.22. The highest BCUT2D eigenvalue weighted by Gasteiger charge is 2.29. The van der Waals surface area contributed by atoms with Crippen LogP contribution in [0, 0.1) is 6.92 Å². The summed E-state index contributed by atoms with van der Waals surface area (Å²) in [6.45, 7) is 3.69. The Hall–Kier alpha value is -2.11. The van der Waals surface area contributed by atoms with Crippen LogP contribution in [0.4, 0.5) is 5.69 Å². The molecule has 1 heterocycles. The zero-order valence-electron chi connectivity index (χ0n) is 14.0. The third-order valence-electron chi connectivity index (χ3n) is 4.02. The average molecular weight is 420 g/mol. The molecule has 0 aromatic heterocycles. The lowest BCUT2D eigenvalue weighted by molar-refractivity contribution is -0.114. The minimum absolute atomic E-state index is 0.171. The first-order valence-electron chi connectivity index (χ1n) is 7.62. The molecule has 25 heavy (non-hydrogen) atoms. The number of ether oxygens (including phenoxy) is 1. The van der Waals surface area contributed by atoms with Gasteiger partial charge in [0.05, 0.1) is 28.6 Å². The van der Waals surface area contributed by atoms with E-state index in [2.05, 4.69) is 21.0 Å². The number of halogens is 2. The summed E-state index contributed by atoms with van der Waals surface area (Å²) in [4.78, 5) is 12.9. The fraction of sp³-hybridized carbons (Fsp3) is 0.158. The number of hydrazone groups is 1. The normalized spacial score (nSPS) is 15.7. The van der Waals surface area contributed by atoms with Crippen molar-refractivity contribution in [3.63, 3.8) is 0 Å². The molecule has 0 fully saturated rings. The van der Waals surface area contributed by atoms with Crippen LogP contribution in [0.3, 0.4) is 0 Å². The third-order valence-corrected chi connectivity index (χ3v) is 5.05. The maximum atomic E-state index is 12.9. The van der Waals surface area contributed by atoms with E-state index in [-0.39, 0.29) is 5.91 Å². The zero-order chi connectivity index (χ0) is 18.1. The number of nitrogens with zero attached hydrogens (tertiary/aromatic N) is 2. The van der Waals surface area contributed by atoms with Crippen molar-refractivity contribution < 1.29 is 9.53 Å². The first-order valence-corrected chi connectivity index (χ1v) is 8.80. The van der Waals surface area contributed by atoms with Crippen LogP contribution in [0.2, 0.25) is 5.02 Å². The lowest BCUT2D eigenvalue weighted by Gasteiger charge is -2.15. The standard InChI is InChI=1S/C19H16BrClN2O2/c1-11-16(21)5-4-6-17(11)23-19(24)14(12(2)22-23)9-13-7-8-18(25-3)15(20)10-13/h4-10H,1-3H3. The van der Waals surface area contributed by atoms with Gasteiger partial charge in [-0.15, -0.1) is 0 Å². The van der Waals surface area contributed by atoms with Gasteiger partial charge in [0.2, 0.25) is 0 Å². The first kappa shape index (κ1) is 17.7. The molecular formula is C19H16BrClN2O2. The van der Waals surface area contributed by atoms with Crippen LogP contribution in [0.5, 0.6) is 5.75 Å². The van der Waals surface area contributed by atoms with Gasteiger partial charge in [0.15, 0.2) is 0 Å². The Labute approximate surface area is 159 Å². The highest BCUT2D eigenvalue weighted by molar-refractivity contribution is 9.10. The van der Waals surface area contributed by atoms with Gasteiger partial charge in [-0.2, -0.15) is 10.1 Å². The highest BCUT2D eigenvalue weighted by atomic mass is 79.9. The molecule has 0 saturated carbocycles. The molecule has 4 nitrogen and oxygen atoms in total. The monoisotopic (exact) mass is 418 g/mol. The number of carbonyl (C=O) groups excluding carboxylic acids is 1. The Balaban J connectivity index is 1.98. The molecule has 0 N–H and O–H groups in total. The number of rotatable bonds is 3. The molecule has 0 bridgehead atoms. The number of hydrogen-bond acceptors (Lipinski definition) is 3. The van der Waals surface area contributed by atoms with E-state index in [1.54, 1.807) is 13.2 Å². The lowest BCUT2D eigenvalue weighted by atomic mass is 10.1. The van der Waals surface area contributed by atoms with E-state index in [9.17, 15) is 4.79 Å². The summed E-state index contributed by atoms with van der Waals surface area (Å²) in [7, 11) is 1.61. The second kappa shape index (κ2) is 7.02. The predicted octanol–water partition coefficient (Wildman–Crippen LogP) is 5.23. The van der Waals surface area contributed by atoms with Crippen molar-refractivity contribution in [3.05, 3.63) is 62.6 Å². The molecule has 1 amide bonds. The minimum atomic E-state index is -0.171. The second-order valence-corrected chi connectivity index (χ2v) is 6.90. The van der Waals surface area contributed by atoms with Crippen LogP contribution < -0.4 is 9.75 Å². The van der Waals surface area contributed by atoms with E-state index < -0.39 is 0 Å². The molecule has 3 rings (SSSR count). The molecule has 0 spiro atoms. The van der Waals surface area contributed by atoms with Crippen LogP contribution in [-0.4, -0.2) is 18.7 Å². The van der Waals surface area contributed by atoms with Crippen molar-refractivity contribution in [3.8, 4) is 5.75 Å². The van der Waals surface area contributed by atoms with Crippen molar-refractivity contribution in [1.29, 1.82) is 0 Å². The zero-order valence-corrected chi connectivity index (χ0v) is 16.4. The topological polar surface area (TPSA) is 41.9 Å². The summed E-state index contributed by atoms with van der Waals surface area (Å²) in [6.07, 6.45) is 1.82. The largest absolute Gasteiger partial charge is 0.496 e. The summed E-state index contributed by atoms with van der Waals surface area (Å²) >= 11 is 9.63. The highest BCUT2D eigenvalue weighted by Crippen LogP contribution is 2.32. The summed E-state index contributed by atoms with van der Waals surface area (Å²) < 4.78 is 6.06. The van der Waals surface area contributed by atoms with Crippen molar-refractivity contribution in [1.82, 2.24) is 0 Å². The summed E-state index contributed by atoms with van der Waals surface area (Å²) in [5.74, 6) is 0.566. The molecule has 0 radical (unpaired) electrons. The Morgan fingerprint density at radius 1 is 1.24 bits per heavy atom. The number of anilines is 1. The van der Waals surface area contributed by atoms with Gasteiger partial charge in [0.25, 0.3) is 5.91 Å². The van der Waals surface area contributed by atoms with E-state index in [4.69, 9.17) is 16.3 Å². The molecule has 0 atom stereocenters. The van der Waals surface area contributed by atoms with Gasteiger partial charge in [0.1, 0.15) is 5.75 Å². The maximum Gasteiger partial charge on any atom is 0.280 e. The Morgan fingerprint density at radius 3 is 2.68 bits per heavy atom. The fourth-order valence-corrected chi connectivity index (χ4v) is 3.34. The molecule has 1 aliphatic heterocycles. The van der Waals surface area contributed by atoms with Gasteiger partial charge >= 0.3 is 0 Å². The van der Waals surface area contributed by atoms with Crippen molar-refractivity contribution in [2.75, 3.05) is 12.1 Å². The fourth-order valence-electron chi connectivity index (χ4n) is 2.61. The third kappa shape index (κ3) is 3.34. The number of methoxy groups -OCH3 is 1. The predicted molar refractivity (Wildman–Crippen MR) is 105 cm³/mol. The average Bonchev–Trinajstić information content (AvgIpc) is 2.86. The van der Waals surface area contributed by atoms with Crippen molar-refractivity contribution in [2.24, 2.45) is 5.10 Å². The van der Waals surface area contributed by atoms with E-state index in [0.717, 1.165) is 21.3 Å². The van der Waals surface area contributed by atoms with Gasteiger partial charge in [-0.25, -0.2) is 0 Å². The molecule has 0 aliphatic carbocycles. The summed E-state index contributed by atoms with van der Waals surface area (Å²) in [5.41, 5.74) is 3.61. The van der Waals surface area contributed by atoms with Crippen LogP contribution in [0.15, 0.2) is 51.5 Å². The van der Waals surface area contributed by atoms with Gasteiger partial charge in [0, 0.05) is 5.02 Å². The van der Waals surface area contributed by atoms with Crippen LogP contribution in [-0.2, 0) is 4.79 Å². The quantitative estimate of drug-likeness (QED) is 0.640. The first-order chi connectivity index (χ1) is 11.9. The number of carbonyl (C=O) groups is 1. The van der Waals surface area contributed by atoms with Crippen LogP contribution in [0.1, 0.15) is 18.1 Å². The van der Waals surface area contributed by atoms with Gasteiger partial charge in [-0.1, -0.05) is 23.7 Å². The van der Waals surface area contributed by atoms with Crippen LogP contribution in [0.25, 0.3) is 6.08 Å². The molecule has 6 heteroatoms. The van der Waals surface area contributed by atoms with E-state index in [1.165, 1.54) is 5.01 Å². The van der Waals surface area contributed by atoms with E-state index in [1.807, 2.05) is 50.3 Å². The van der Waals surface area contributed by atoms with Crippen molar-refractivity contribution >= 4 is 50.9 Å². The molecule has 1 aliphatic rings. The van der Waals surface area contributed by atoms with Gasteiger partial charge < -0.3 is 4.74 Å². The molecule has 0 saturated heterocycles. The summed E-state index contributed by atoms with van der Waals surface area (Å²) in [6, 6.07) is 11.1. The minimum Gasteiger partial charge on any atom is -0.496 e. The summed E-state index contributed by atoms with van der Waals surface area (Å²) in [5, 5.41) is 6.42. The Kier molecular flexibility index (Phi) is 4.97. The molecule has 0 unspecified atom stereocenters. The SMILES string of the molecule is COc1ccc(C=C2C(=O)N(c3cccc(Cl)c3C)N=C2C)cc1Br. The smallest absolute Gasteiger partial charge is 0.280 e. The second-order valence-electron chi connectivity index (χ2n) is 5.64. The van der Waals surface area contributed by atoms with E-state index >= 15 is 0 Å². The van der Waals surface area contributed by atoms with Crippen molar-refractivity contribution in [2.45, 2.75) is 13.8 Å². The van der Waals surface area contributed by atoms with Gasteiger partial charge in [-0.3, -0.25) is 4.79 Å². The number of amides is 1. The molecule has 2 aromatic rings. The number of hydrogen-bond donors (Lipinski definition) is 0. The van der Waals surface area contributed by atoms with E-state index in [0.29, 0.717) is 22.0 Å². The Morgan fingerprint density at radius 2 is 2.00 bits per heavy atom. The van der Waals surface area contributed by atoms with Crippen LogP contribution >= 0.6 is 27.5 Å². The van der Waals surface area contributed by atoms with Gasteiger partial charge in [-0.05, 0) is 71.2 Å².